The van der Waals surface area contributed by atoms with Crippen molar-refractivity contribution in [2.45, 2.75) is 30.8 Å². The van der Waals surface area contributed by atoms with Gasteiger partial charge in [-0.15, -0.1) is 0 Å². The molecule has 0 atom stereocenters. The second-order valence-electron chi connectivity index (χ2n) is 6.11. The average molecular weight is 403 g/mol. The third kappa shape index (κ3) is 3.43. The van der Waals surface area contributed by atoms with Gasteiger partial charge in [-0.05, 0) is 48.4 Å². The third-order valence-electron chi connectivity index (χ3n) is 3.95. The Kier molecular flexibility index (Phi) is 4.52. The van der Waals surface area contributed by atoms with E-state index >= 15 is 0 Å². The molecule has 0 aliphatic heterocycles. The van der Waals surface area contributed by atoms with E-state index in [-0.39, 0.29) is 10.8 Å². The van der Waals surface area contributed by atoms with Gasteiger partial charge < -0.3 is 0 Å². The van der Waals surface area contributed by atoms with Crippen LogP contribution < -0.4 is 0 Å². The second kappa shape index (κ2) is 6.28. The summed E-state index contributed by atoms with van der Waals surface area (Å²) in [5.74, 6) is -0.0264. The Balaban J connectivity index is 2.21. The van der Waals surface area contributed by atoms with Gasteiger partial charge in [0.2, 0.25) is 0 Å². The van der Waals surface area contributed by atoms with Crippen molar-refractivity contribution in [1.82, 2.24) is 9.78 Å². The number of hydrogen-bond donors (Lipinski definition) is 0. The SMILES string of the molecule is CC(C)c1nn(-c2ccc(C(F)(F)F)cc2)c2ccc(S(=O)(=O)Cl)cc12. The lowest BCUT2D eigenvalue weighted by Gasteiger charge is -2.08. The molecule has 0 bridgehead atoms. The summed E-state index contributed by atoms with van der Waals surface area (Å²) < 4.78 is 62.9. The quantitative estimate of drug-likeness (QED) is 0.573. The van der Waals surface area contributed by atoms with E-state index < -0.39 is 20.8 Å². The highest BCUT2D eigenvalue weighted by Crippen LogP contribution is 2.32. The number of benzene rings is 2. The molecule has 0 spiro atoms. The molecule has 1 heterocycles. The monoisotopic (exact) mass is 402 g/mol. The Hall–Kier alpha value is -2.06. The van der Waals surface area contributed by atoms with E-state index in [0.717, 1.165) is 12.1 Å². The van der Waals surface area contributed by atoms with Gasteiger partial charge in [0, 0.05) is 16.1 Å². The van der Waals surface area contributed by atoms with Gasteiger partial charge in [-0.1, -0.05) is 13.8 Å². The van der Waals surface area contributed by atoms with Crippen molar-refractivity contribution in [2.75, 3.05) is 0 Å². The van der Waals surface area contributed by atoms with Crippen molar-refractivity contribution < 1.29 is 21.6 Å². The molecule has 3 aromatic rings. The van der Waals surface area contributed by atoms with E-state index in [1.807, 2.05) is 13.8 Å². The zero-order chi connectivity index (χ0) is 19.3. The third-order valence-corrected chi connectivity index (χ3v) is 5.30. The molecule has 0 saturated heterocycles. The molecule has 0 radical (unpaired) electrons. The minimum atomic E-state index is -4.42. The number of nitrogens with zero attached hydrogens (tertiary/aromatic N) is 2. The zero-order valence-corrected chi connectivity index (χ0v) is 15.3. The smallest absolute Gasteiger partial charge is 0.233 e. The molecule has 9 heteroatoms. The van der Waals surface area contributed by atoms with Crippen LogP contribution in [0.1, 0.15) is 31.0 Å². The highest BCUT2D eigenvalue weighted by molar-refractivity contribution is 8.13. The molecule has 138 valence electrons. The first kappa shape index (κ1) is 18.7. The van der Waals surface area contributed by atoms with Crippen LogP contribution in [0.5, 0.6) is 0 Å². The second-order valence-corrected chi connectivity index (χ2v) is 8.68. The van der Waals surface area contributed by atoms with Gasteiger partial charge in [0.15, 0.2) is 0 Å². The molecule has 2 aromatic carbocycles. The Labute approximate surface area is 152 Å². The maximum Gasteiger partial charge on any atom is 0.416 e. The largest absolute Gasteiger partial charge is 0.416 e. The van der Waals surface area contributed by atoms with Gasteiger partial charge in [-0.2, -0.15) is 18.3 Å². The van der Waals surface area contributed by atoms with Crippen LogP contribution in [0.25, 0.3) is 16.6 Å². The van der Waals surface area contributed by atoms with E-state index in [2.05, 4.69) is 5.10 Å². The Morgan fingerprint density at radius 2 is 1.69 bits per heavy atom. The van der Waals surface area contributed by atoms with E-state index in [1.165, 1.54) is 28.9 Å². The predicted molar refractivity (Wildman–Crippen MR) is 93.2 cm³/mol. The van der Waals surface area contributed by atoms with Gasteiger partial charge >= 0.3 is 6.18 Å². The summed E-state index contributed by atoms with van der Waals surface area (Å²) in [6, 6.07) is 8.93. The summed E-state index contributed by atoms with van der Waals surface area (Å²) in [7, 11) is 1.51. The first-order valence-electron chi connectivity index (χ1n) is 7.63. The molecule has 0 saturated carbocycles. The van der Waals surface area contributed by atoms with E-state index in [0.29, 0.717) is 22.3 Å². The fourth-order valence-electron chi connectivity index (χ4n) is 2.69. The molecular weight excluding hydrogens is 389 g/mol. The van der Waals surface area contributed by atoms with Crippen LogP contribution in [0.2, 0.25) is 0 Å². The number of halogens is 4. The molecule has 0 fully saturated rings. The molecule has 0 aliphatic carbocycles. The topological polar surface area (TPSA) is 52.0 Å². The molecule has 26 heavy (non-hydrogen) atoms. The fraction of sp³-hybridized carbons (Fsp3) is 0.235. The van der Waals surface area contributed by atoms with Crippen LogP contribution in [-0.2, 0) is 15.2 Å². The predicted octanol–water partition coefficient (Wildman–Crippen LogP) is 5.10. The average Bonchev–Trinajstić information content (AvgIpc) is 2.92. The van der Waals surface area contributed by atoms with Crippen molar-refractivity contribution in [3.63, 3.8) is 0 Å². The van der Waals surface area contributed by atoms with Crippen molar-refractivity contribution in [2.24, 2.45) is 0 Å². The Morgan fingerprint density at radius 1 is 1.08 bits per heavy atom. The van der Waals surface area contributed by atoms with Crippen LogP contribution in [0, 0.1) is 0 Å². The summed E-state index contributed by atoms with van der Waals surface area (Å²) in [5.41, 5.74) is 0.897. The Bertz CT molecular complexity index is 1070. The van der Waals surface area contributed by atoms with E-state index in [4.69, 9.17) is 10.7 Å². The lowest BCUT2D eigenvalue weighted by Crippen LogP contribution is -2.05. The standard InChI is InChI=1S/C17H14ClF3N2O2S/c1-10(2)16-14-9-13(26(18,24)25)7-8-15(14)23(22-16)12-5-3-11(4-6-12)17(19,20)21/h3-10H,1-2H3. The summed E-state index contributed by atoms with van der Waals surface area (Å²) in [6.07, 6.45) is -4.42. The molecule has 3 rings (SSSR count). The van der Waals surface area contributed by atoms with Gasteiger partial charge in [0.25, 0.3) is 9.05 Å². The highest BCUT2D eigenvalue weighted by atomic mass is 35.7. The molecule has 0 unspecified atom stereocenters. The fourth-order valence-corrected chi connectivity index (χ4v) is 3.46. The van der Waals surface area contributed by atoms with Crippen LogP contribution in [-0.4, -0.2) is 18.2 Å². The van der Waals surface area contributed by atoms with Gasteiger partial charge in [-0.25, -0.2) is 13.1 Å². The summed E-state index contributed by atoms with van der Waals surface area (Å²) in [5, 5.41) is 5.06. The molecule has 0 N–H and O–H groups in total. The maximum atomic E-state index is 12.7. The Morgan fingerprint density at radius 3 is 2.19 bits per heavy atom. The lowest BCUT2D eigenvalue weighted by atomic mass is 10.1. The van der Waals surface area contributed by atoms with Crippen LogP contribution >= 0.6 is 10.7 Å². The first-order valence-corrected chi connectivity index (χ1v) is 9.94. The lowest BCUT2D eigenvalue weighted by molar-refractivity contribution is -0.137. The van der Waals surface area contributed by atoms with Crippen LogP contribution in [0.4, 0.5) is 13.2 Å². The summed E-state index contributed by atoms with van der Waals surface area (Å²) >= 11 is 0. The summed E-state index contributed by atoms with van der Waals surface area (Å²) in [6.45, 7) is 3.78. The molecule has 1 aromatic heterocycles. The normalized spacial score (nSPS) is 12.9. The van der Waals surface area contributed by atoms with Crippen LogP contribution in [0.3, 0.4) is 0 Å². The van der Waals surface area contributed by atoms with Crippen molar-refractivity contribution >= 4 is 30.6 Å². The minimum absolute atomic E-state index is 0.0264. The molecular formula is C17H14ClF3N2O2S. The molecule has 4 nitrogen and oxygen atoms in total. The number of fused-ring (bicyclic) bond motifs is 1. The highest BCUT2D eigenvalue weighted by Gasteiger charge is 2.30. The van der Waals surface area contributed by atoms with Gasteiger partial charge in [0.05, 0.1) is 27.4 Å². The first-order chi connectivity index (χ1) is 12.0. The van der Waals surface area contributed by atoms with Crippen molar-refractivity contribution in [1.29, 1.82) is 0 Å². The number of alkyl halides is 3. The summed E-state index contributed by atoms with van der Waals surface area (Å²) in [4.78, 5) is -0.0551. The number of hydrogen-bond acceptors (Lipinski definition) is 3. The van der Waals surface area contributed by atoms with E-state index in [9.17, 15) is 21.6 Å². The zero-order valence-electron chi connectivity index (χ0n) is 13.7. The van der Waals surface area contributed by atoms with Gasteiger partial charge in [0.1, 0.15) is 0 Å². The van der Waals surface area contributed by atoms with Gasteiger partial charge in [-0.3, -0.25) is 0 Å². The van der Waals surface area contributed by atoms with Crippen molar-refractivity contribution in [3.05, 3.63) is 53.7 Å². The minimum Gasteiger partial charge on any atom is -0.233 e. The number of aromatic nitrogens is 2. The van der Waals surface area contributed by atoms with Crippen molar-refractivity contribution in [3.8, 4) is 5.69 Å². The van der Waals surface area contributed by atoms with Crippen LogP contribution in [0.15, 0.2) is 47.4 Å². The molecule has 0 amide bonds. The molecule has 0 aliphatic rings. The maximum absolute atomic E-state index is 12.7. The number of rotatable bonds is 3. The van der Waals surface area contributed by atoms with E-state index in [1.54, 1.807) is 6.07 Å².